The number of carbonyl (C=O) groups is 1. The quantitative estimate of drug-likeness (QED) is 0.906. The molecule has 0 amide bonds. The van der Waals surface area contributed by atoms with E-state index in [9.17, 15) is 9.18 Å². The van der Waals surface area contributed by atoms with Crippen molar-refractivity contribution in [1.29, 1.82) is 0 Å². The largest absolute Gasteiger partial charge is 0.478 e. The number of carboxylic acid groups (broad SMARTS) is 1. The first-order valence-electron chi connectivity index (χ1n) is 6.14. The van der Waals surface area contributed by atoms with Gasteiger partial charge in [0.25, 0.3) is 0 Å². The molecule has 2 aromatic rings. The Labute approximate surface area is 116 Å². The van der Waals surface area contributed by atoms with Gasteiger partial charge in [-0.25, -0.2) is 9.18 Å². The van der Waals surface area contributed by atoms with Gasteiger partial charge in [-0.05, 0) is 24.7 Å². The van der Waals surface area contributed by atoms with Crippen LogP contribution in [0.4, 0.5) is 4.39 Å². The first-order chi connectivity index (χ1) is 9.47. The second kappa shape index (κ2) is 5.83. The summed E-state index contributed by atoms with van der Waals surface area (Å²) >= 11 is 0. The molecule has 1 aromatic heterocycles. The van der Waals surface area contributed by atoms with Crippen LogP contribution in [0.2, 0.25) is 0 Å². The maximum absolute atomic E-state index is 12.8. The smallest absolute Gasteiger partial charge is 0.339 e. The average Bonchev–Trinajstić information content (AvgIpc) is 2.74. The molecule has 1 aromatic carbocycles. The van der Waals surface area contributed by atoms with Crippen molar-refractivity contribution in [3.05, 3.63) is 53.1 Å². The summed E-state index contributed by atoms with van der Waals surface area (Å²) in [6, 6.07) is 6.26. The van der Waals surface area contributed by atoms with Gasteiger partial charge in [0.1, 0.15) is 11.4 Å². The third-order valence-electron chi connectivity index (χ3n) is 3.08. The van der Waals surface area contributed by atoms with E-state index >= 15 is 0 Å². The Bertz CT molecular complexity index is 607. The SMILES string of the molecule is CN(Cc1ccc(F)cc1)Cc1c(C(=O)O)cnn1C. The Morgan fingerprint density at radius 2 is 2.00 bits per heavy atom. The molecular weight excluding hydrogens is 261 g/mol. The predicted molar refractivity (Wildman–Crippen MR) is 71.7 cm³/mol. The third-order valence-corrected chi connectivity index (χ3v) is 3.08. The summed E-state index contributed by atoms with van der Waals surface area (Å²) in [5.41, 5.74) is 1.81. The van der Waals surface area contributed by atoms with Gasteiger partial charge < -0.3 is 5.11 Å². The summed E-state index contributed by atoms with van der Waals surface area (Å²) in [7, 11) is 3.59. The Balaban J connectivity index is 2.08. The summed E-state index contributed by atoms with van der Waals surface area (Å²) in [5.74, 6) is -1.25. The molecule has 2 rings (SSSR count). The molecule has 0 aliphatic heterocycles. The van der Waals surface area contributed by atoms with Crippen LogP contribution in [0, 0.1) is 5.82 Å². The fourth-order valence-electron chi connectivity index (χ4n) is 2.04. The van der Waals surface area contributed by atoms with Gasteiger partial charge >= 0.3 is 5.97 Å². The monoisotopic (exact) mass is 277 g/mol. The Morgan fingerprint density at radius 3 is 2.60 bits per heavy atom. The molecule has 5 nitrogen and oxygen atoms in total. The zero-order valence-electron chi connectivity index (χ0n) is 11.4. The Kier molecular flexibility index (Phi) is 4.14. The van der Waals surface area contributed by atoms with E-state index in [4.69, 9.17) is 5.11 Å². The van der Waals surface area contributed by atoms with Crippen LogP contribution in [0.15, 0.2) is 30.5 Å². The molecule has 0 fully saturated rings. The fraction of sp³-hybridized carbons (Fsp3) is 0.286. The number of benzene rings is 1. The van der Waals surface area contributed by atoms with Crippen LogP contribution < -0.4 is 0 Å². The number of rotatable bonds is 5. The molecule has 20 heavy (non-hydrogen) atoms. The van der Waals surface area contributed by atoms with Crippen molar-refractivity contribution >= 4 is 5.97 Å². The maximum Gasteiger partial charge on any atom is 0.339 e. The van der Waals surface area contributed by atoms with E-state index in [1.54, 1.807) is 23.9 Å². The van der Waals surface area contributed by atoms with Crippen LogP contribution in [0.5, 0.6) is 0 Å². The predicted octanol–water partition coefficient (Wildman–Crippen LogP) is 1.89. The van der Waals surface area contributed by atoms with Crippen LogP contribution in [0.25, 0.3) is 0 Å². The van der Waals surface area contributed by atoms with Crippen molar-refractivity contribution in [2.24, 2.45) is 7.05 Å². The Hall–Kier alpha value is -2.21. The number of aromatic carboxylic acids is 1. The van der Waals surface area contributed by atoms with E-state index in [2.05, 4.69) is 5.10 Å². The molecule has 6 heteroatoms. The lowest BCUT2D eigenvalue weighted by Gasteiger charge is -2.17. The molecule has 0 spiro atoms. The molecule has 0 saturated carbocycles. The van der Waals surface area contributed by atoms with E-state index in [0.717, 1.165) is 5.56 Å². The number of hydrogen-bond donors (Lipinski definition) is 1. The molecular formula is C14H16FN3O2. The first kappa shape index (κ1) is 14.2. The summed E-state index contributed by atoms with van der Waals surface area (Å²) in [6.45, 7) is 1.06. The number of halogens is 1. The van der Waals surface area contributed by atoms with Crippen LogP contribution in [-0.4, -0.2) is 32.8 Å². The van der Waals surface area contributed by atoms with Crippen molar-refractivity contribution in [2.45, 2.75) is 13.1 Å². The van der Waals surface area contributed by atoms with Gasteiger partial charge in [0.05, 0.1) is 11.9 Å². The second-order valence-corrected chi connectivity index (χ2v) is 4.73. The molecule has 0 bridgehead atoms. The molecule has 1 heterocycles. The lowest BCUT2D eigenvalue weighted by Crippen LogP contribution is -2.20. The standard InChI is InChI=1S/C14H16FN3O2/c1-17(8-10-3-5-11(15)6-4-10)9-13-12(14(19)20)7-16-18(13)2/h3-7H,8-9H2,1-2H3,(H,19,20). The minimum atomic E-state index is -0.983. The van der Waals surface area contributed by atoms with Gasteiger partial charge in [-0.2, -0.15) is 5.10 Å². The van der Waals surface area contributed by atoms with E-state index in [0.29, 0.717) is 18.8 Å². The van der Waals surface area contributed by atoms with E-state index < -0.39 is 5.97 Å². The van der Waals surface area contributed by atoms with Crippen LogP contribution in [-0.2, 0) is 20.1 Å². The van der Waals surface area contributed by atoms with Crippen LogP contribution in [0.1, 0.15) is 21.6 Å². The fourth-order valence-corrected chi connectivity index (χ4v) is 2.04. The molecule has 0 aliphatic carbocycles. The number of hydrogen-bond acceptors (Lipinski definition) is 3. The van der Waals surface area contributed by atoms with Crippen molar-refractivity contribution in [3.63, 3.8) is 0 Å². The molecule has 0 unspecified atom stereocenters. The summed E-state index contributed by atoms with van der Waals surface area (Å²) in [5, 5.41) is 13.1. The van der Waals surface area contributed by atoms with Gasteiger partial charge in [-0.1, -0.05) is 12.1 Å². The molecule has 0 radical (unpaired) electrons. The highest BCUT2D eigenvalue weighted by Gasteiger charge is 2.16. The third kappa shape index (κ3) is 3.21. The molecule has 1 N–H and O–H groups in total. The second-order valence-electron chi connectivity index (χ2n) is 4.73. The summed E-state index contributed by atoms with van der Waals surface area (Å²) < 4.78 is 14.4. The molecule has 106 valence electrons. The van der Waals surface area contributed by atoms with Gasteiger partial charge in [0.15, 0.2) is 0 Å². The Morgan fingerprint density at radius 1 is 1.35 bits per heavy atom. The van der Waals surface area contributed by atoms with E-state index in [1.165, 1.54) is 18.3 Å². The number of nitrogens with zero attached hydrogens (tertiary/aromatic N) is 3. The summed E-state index contributed by atoms with van der Waals surface area (Å²) in [6.07, 6.45) is 1.35. The van der Waals surface area contributed by atoms with Crippen molar-refractivity contribution < 1.29 is 14.3 Å². The molecule has 0 atom stereocenters. The van der Waals surface area contributed by atoms with Crippen molar-refractivity contribution in [2.75, 3.05) is 7.05 Å². The zero-order valence-corrected chi connectivity index (χ0v) is 11.4. The lowest BCUT2D eigenvalue weighted by atomic mass is 10.2. The minimum absolute atomic E-state index is 0.207. The van der Waals surface area contributed by atoms with Crippen molar-refractivity contribution in [1.82, 2.24) is 14.7 Å². The molecule has 0 saturated heterocycles. The van der Waals surface area contributed by atoms with Gasteiger partial charge in [0, 0.05) is 20.1 Å². The molecule has 0 aliphatic rings. The first-order valence-corrected chi connectivity index (χ1v) is 6.14. The highest BCUT2D eigenvalue weighted by molar-refractivity contribution is 5.88. The van der Waals surface area contributed by atoms with Crippen LogP contribution >= 0.6 is 0 Å². The highest BCUT2D eigenvalue weighted by atomic mass is 19.1. The highest BCUT2D eigenvalue weighted by Crippen LogP contribution is 2.12. The average molecular weight is 277 g/mol. The maximum atomic E-state index is 12.8. The number of aromatic nitrogens is 2. The number of carboxylic acids is 1. The van der Waals surface area contributed by atoms with Gasteiger partial charge in [-0.3, -0.25) is 9.58 Å². The lowest BCUT2D eigenvalue weighted by molar-refractivity contribution is 0.0694. The normalized spacial score (nSPS) is 11.0. The zero-order chi connectivity index (χ0) is 14.7. The summed E-state index contributed by atoms with van der Waals surface area (Å²) in [4.78, 5) is 13.1. The van der Waals surface area contributed by atoms with Crippen LogP contribution in [0.3, 0.4) is 0 Å². The number of aryl methyl sites for hydroxylation is 1. The van der Waals surface area contributed by atoms with E-state index in [1.807, 2.05) is 11.9 Å². The van der Waals surface area contributed by atoms with Gasteiger partial charge in [0.2, 0.25) is 0 Å². The minimum Gasteiger partial charge on any atom is -0.478 e. The topological polar surface area (TPSA) is 58.4 Å². The van der Waals surface area contributed by atoms with Crippen molar-refractivity contribution in [3.8, 4) is 0 Å². The van der Waals surface area contributed by atoms with Gasteiger partial charge in [-0.15, -0.1) is 0 Å². The van der Waals surface area contributed by atoms with E-state index in [-0.39, 0.29) is 11.4 Å².